The van der Waals surface area contributed by atoms with E-state index in [1.807, 2.05) is 11.8 Å². The maximum atomic E-state index is 4.59. The molecule has 0 amide bonds. The molecule has 0 bridgehead atoms. The van der Waals surface area contributed by atoms with Crippen molar-refractivity contribution in [3.8, 4) is 0 Å². The summed E-state index contributed by atoms with van der Waals surface area (Å²) in [6, 6.07) is 6.68. The van der Waals surface area contributed by atoms with Crippen LogP contribution in [-0.4, -0.2) is 22.5 Å². The van der Waals surface area contributed by atoms with Crippen LogP contribution in [-0.2, 0) is 0 Å². The molecule has 0 radical (unpaired) electrons. The van der Waals surface area contributed by atoms with Crippen molar-refractivity contribution < 1.29 is 0 Å². The van der Waals surface area contributed by atoms with Gasteiger partial charge in [-0.25, -0.2) is 4.98 Å². The minimum atomic E-state index is 0.462. The first kappa shape index (κ1) is 13.2. The largest absolute Gasteiger partial charge is 0.358 e. The molecule has 1 heterocycles. The molecule has 2 nitrogen and oxygen atoms in total. The maximum absolute atomic E-state index is 4.59. The Morgan fingerprint density at radius 3 is 3.12 bits per heavy atom. The van der Waals surface area contributed by atoms with Crippen LogP contribution in [0.1, 0.15) is 13.8 Å². The van der Waals surface area contributed by atoms with Gasteiger partial charge in [0, 0.05) is 16.3 Å². The Kier molecular flexibility index (Phi) is 4.70. The lowest BCUT2D eigenvalue weighted by Crippen LogP contribution is -2.17. The molecule has 1 aromatic heterocycles. The van der Waals surface area contributed by atoms with Crippen molar-refractivity contribution in [2.45, 2.75) is 19.9 Å². The summed E-state index contributed by atoms with van der Waals surface area (Å²) in [6.07, 6.45) is 0. The van der Waals surface area contributed by atoms with Crippen LogP contribution in [0.3, 0.4) is 0 Å². The highest BCUT2D eigenvalue weighted by Gasteiger charge is 2.07. The number of nitrogens with one attached hydrogen (secondary N) is 1. The predicted octanol–water partition coefficient (Wildman–Crippen LogP) is 4.61. The molecule has 1 unspecified atom stereocenters. The first-order valence-electron chi connectivity index (χ1n) is 5.59. The third kappa shape index (κ3) is 3.60. The average molecular weight is 331 g/mol. The summed E-state index contributed by atoms with van der Waals surface area (Å²) in [4.78, 5) is 4.59. The molecule has 2 aromatic rings. The summed E-state index contributed by atoms with van der Waals surface area (Å²) in [7, 11) is 0. The van der Waals surface area contributed by atoms with Crippen LogP contribution in [0.5, 0.6) is 0 Å². The summed E-state index contributed by atoms with van der Waals surface area (Å²) >= 11 is 7.13. The Labute approximate surface area is 118 Å². The Bertz CT molecular complexity index is 498. The molecule has 0 spiro atoms. The number of nitrogens with zero attached hydrogens (tertiary/aromatic N) is 1. The second-order valence-electron chi connectivity index (χ2n) is 3.84. The van der Waals surface area contributed by atoms with Crippen molar-refractivity contribution in [1.29, 1.82) is 0 Å². The van der Waals surface area contributed by atoms with Gasteiger partial charge in [-0.05, 0) is 30.9 Å². The van der Waals surface area contributed by atoms with Crippen molar-refractivity contribution in [2.75, 3.05) is 16.8 Å². The number of benzene rings is 1. The van der Waals surface area contributed by atoms with Gasteiger partial charge in [-0.3, -0.25) is 0 Å². The Morgan fingerprint density at radius 2 is 2.35 bits per heavy atom. The lowest BCUT2D eigenvalue weighted by Gasteiger charge is -2.11. The van der Waals surface area contributed by atoms with Crippen LogP contribution in [0.25, 0.3) is 10.2 Å². The SMILES string of the molecule is CCSCC(C)Nc1nc2cc(Br)ccc2s1. The van der Waals surface area contributed by atoms with E-state index in [0.717, 1.165) is 20.9 Å². The molecule has 92 valence electrons. The number of rotatable bonds is 5. The second-order valence-corrected chi connectivity index (χ2v) is 7.10. The lowest BCUT2D eigenvalue weighted by molar-refractivity contribution is 0.911. The molecule has 1 aromatic carbocycles. The number of thiazole rings is 1. The fourth-order valence-electron chi connectivity index (χ4n) is 1.51. The highest BCUT2D eigenvalue weighted by molar-refractivity contribution is 9.10. The molecule has 17 heavy (non-hydrogen) atoms. The Hall–Kier alpha value is -0.260. The minimum absolute atomic E-state index is 0.462. The highest BCUT2D eigenvalue weighted by Crippen LogP contribution is 2.28. The van der Waals surface area contributed by atoms with E-state index >= 15 is 0 Å². The number of thioether (sulfide) groups is 1. The van der Waals surface area contributed by atoms with Crippen molar-refractivity contribution in [3.05, 3.63) is 22.7 Å². The van der Waals surface area contributed by atoms with E-state index in [1.165, 1.54) is 10.5 Å². The van der Waals surface area contributed by atoms with E-state index in [4.69, 9.17) is 0 Å². The molecule has 2 rings (SSSR count). The predicted molar refractivity (Wildman–Crippen MR) is 83.4 cm³/mol. The summed E-state index contributed by atoms with van der Waals surface area (Å²) < 4.78 is 2.31. The van der Waals surface area contributed by atoms with Crippen molar-refractivity contribution >= 4 is 54.4 Å². The van der Waals surface area contributed by atoms with Gasteiger partial charge in [-0.15, -0.1) is 0 Å². The normalized spacial score (nSPS) is 12.9. The second kappa shape index (κ2) is 6.07. The number of fused-ring (bicyclic) bond motifs is 1. The molecule has 0 saturated carbocycles. The van der Waals surface area contributed by atoms with E-state index in [9.17, 15) is 0 Å². The maximum Gasteiger partial charge on any atom is 0.184 e. The molecule has 0 aliphatic rings. The zero-order valence-corrected chi connectivity index (χ0v) is 13.1. The van der Waals surface area contributed by atoms with E-state index < -0.39 is 0 Å². The van der Waals surface area contributed by atoms with Gasteiger partial charge in [0.15, 0.2) is 5.13 Å². The third-order valence-electron chi connectivity index (χ3n) is 2.29. The summed E-state index contributed by atoms with van der Waals surface area (Å²) in [6.45, 7) is 4.39. The van der Waals surface area contributed by atoms with E-state index in [-0.39, 0.29) is 0 Å². The van der Waals surface area contributed by atoms with Crippen LogP contribution in [0.15, 0.2) is 22.7 Å². The topological polar surface area (TPSA) is 24.9 Å². The van der Waals surface area contributed by atoms with Gasteiger partial charge in [0.05, 0.1) is 10.2 Å². The van der Waals surface area contributed by atoms with Crippen molar-refractivity contribution in [2.24, 2.45) is 0 Å². The molecular formula is C12H15BrN2S2. The Balaban J connectivity index is 2.08. The monoisotopic (exact) mass is 330 g/mol. The van der Waals surface area contributed by atoms with Gasteiger partial charge in [0.1, 0.15) is 0 Å². The van der Waals surface area contributed by atoms with Crippen LogP contribution in [0.4, 0.5) is 5.13 Å². The molecule has 0 aliphatic carbocycles. The highest BCUT2D eigenvalue weighted by atomic mass is 79.9. The molecule has 0 fully saturated rings. The average Bonchev–Trinajstić information content (AvgIpc) is 2.67. The molecule has 1 N–H and O–H groups in total. The van der Waals surface area contributed by atoms with E-state index in [0.29, 0.717) is 6.04 Å². The van der Waals surface area contributed by atoms with Gasteiger partial charge < -0.3 is 5.32 Å². The first-order valence-corrected chi connectivity index (χ1v) is 8.36. The van der Waals surface area contributed by atoms with Gasteiger partial charge in [-0.2, -0.15) is 11.8 Å². The van der Waals surface area contributed by atoms with Crippen LogP contribution in [0, 0.1) is 0 Å². The minimum Gasteiger partial charge on any atom is -0.358 e. The van der Waals surface area contributed by atoms with Crippen molar-refractivity contribution in [1.82, 2.24) is 4.98 Å². The van der Waals surface area contributed by atoms with Crippen LogP contribution >= 0.6 is 39.0 Å². The van der Waals surface area contributed by atoms with Crippen LogP contribution < -0.4 is 5.32 Å². The van der Waals surface area contributed by atoms with Gasteiger partial charge >= 0.3 is 0 Å². The number of hydrogen-bond donors (Lipinski definition) is 1. The zero-order chi connectivity index (χ0) is 12.3. The van der Waals surface area contributed by atoms with Gasteiger partial charge in [-0.1, -0.05) is 34.2 Å². The lowest BCUT2D eigenvalue weighted by atomic mass is 10.3. The van der Waals surface area contributed by atoms with Gasteiger partial charge in [0.2, 0.25) is 0 Å². The van der Waals surface area contributed by atoms with Gasteiger partial charge in [0.25, 0.3) is 0 Å². The molecule has 0 aliphatic heterocycles. The quantitative estimate of drug-likeness (QED) is 0.866. The molecule has 1 atom stereocenters. The third-order valence-corrected chi connectivity index (χ3v) is 4.90. The first-order chi connectivity index (χ1) is 8.19. The van der Waals surface area contributed by atoms with Crippen molar-refractivity contribution in [3.63, 3.8) is 0 Å². The number of aromatic nitrogens is 1. The number of anilines is 1. The summed E-state index contributed by atoms with van der Waals surface area (Å²) in [5, 5.41) is 4.47. The molecule has 5 heteroatoms. The number of halogens is 1. The smallest absolute Gasteiger partial charge is 0.184 e. The van der Waals surface area contributed by atoms with Crippen LogP contribution in [0.2, 0.25) is 0 Å². The molecule has 0 saturated heterocycles. The Morgan fingerprint density at radius 1 is 1.53 bits per heavy atom. The fraction of sp³-hybridized carbons (Fsp3) is 0.417. The van der Waals surface area contributed by atoms with E-state index in [2.05, 4.69) is 58.3 Å². The zero-order valence-electron chi connectivity index (χ0n) is 9.87. The summed E-state index contributed by atoms with van der Waals surface area (Å²) in [5.74, 6) is 2.29. The van der Waals surface area contributed by atoms with E-state index in [1.54, 1.807) is 11.3 Å². The summed E-state index contributed by atoms with van der Waals surface area (Å²) in [5.41, 5.74) is 1.06. The number of hydrogen-bond acceptors (Lipinski definition) is 4. The molecular weight excluding hydrogens is 316 g/mol. The fourth-order valence-corrected chi connectivity index (χ4v) is 3.49. The standard InChI is InChI=1S/C12H15BrN2S2/c1-3-16-7-8(2)14-12-15-10-6-9(13)4-5-11(10)17-12/h4-6,8H,3,7H2,1-2H3,(H,14,15).